The zero-order valence-electron chi connectivity index (χ0n) is 10.7. The average molecular weight is 233 g/mol. The molecular weight excluding hydrogens is 214 g/mol. The molecule has 0 N–H and O–H groups in total. The van der Waals surface area contributed by atoms with Crippen molar-refractivity contribution in [1.82, 2.24) is 0 Å². The molecule has 0 spiro atoms. The Kier molecular flexibility index (Phi) is 5.35. The molecule has 0 aliphatic heterocycles. The second kappa shape index (κ2) is 6.80. The molecule has 0 aliphatic rings. The molecule has 17 heavy (non-hydrogen) atoms. The molecule has 3 heteroatoms. The van der Waals surface area contributed by atoms with E-state index in [1.807, 2.05) is 0 Å². The first-order valence-corrected chi connectivity index (χ1v) is 5.91. The van der Waals surface area contributed by atoms with E-state index in [2.05, 4.69) is 19.9 Å². The van der Waals surface area contributed by atoms with E-state index in [4.69, 9.17) is 14.7 Å². The van der Waals surface area contributed by atoms with E-state index >= 15 is 0 Å². The van der Waals surface area contributed by atoms with Crippen LogP contribution in [0.5, 0.6) is 11.5 Å². The minimum atomic E-state index is 0.525. The molecule has 0 fully saturated rings. The Morgan fingerprint density at radius 2 is 2.00 bits per heavy atom. The quantitative estimate of drug-likeness (QED) is 0.756. The smallest absolute Gasteiger partial charge is 0.124 e. The number of nitriles is 1. The lowest BCUT2D eigenvalue weighted by Crippen LogP contribution is -2.08. The molecule has 0 saturated heterocycles. The van der Waals surface area contributed by atoms with Gasteiger partial charge < -0.3 is 9.47 Å². The summed E-state index contributed by atoms with van der Waals surface area (Å²) in [6.07, 6.45) is 2.31. The van der Waals surface area contributed by atoms with E-state index in [9.17, 15) is 0 Å². The lowest BCUT2D eigenvalue weighted by Gasteiger charge is -2.13. The van der Waals surface area contributed by atoms with Gasteiger partial charge in [0.05, 0.1) is 25.3 Å². The Balaban J connectivity index is 2.67. The van der Waals surface area contributed by atoms with E-state index in [0.29, 0.717) is 29.6 Å². The van der Waals surface area contributed by atoms with Crippen LogP contribution in [0.15, 0.2) is 18.2 Å². The molecule has 1 aromatic carbocycles. The summed E-state index contributed by atoms with van der Waals surface area (Å²) in [7, 11) is 1.58. The fraction of sp³-hybridized carbons (Fsp3) is 0.500. The topological polar surface area (TPSA) is 42.2 Å². The van der Waals surface area contributed by atoms with Gasteiger partial charge in [-0.25, -0.2) is 0 Å². The number of rotatable bonds is 6. The standard InChI is InChI=1S/C14H19NO2/c1-4-5-11(2)10-17-14-7-12(9-15)6-13(8-14)16-3/h6-8,11H,4-5,10H2,1-3H3. The highest BCUT2D eigenvalue weighted by atomic mass is 16.5. The van der Waals surface area contributed by atoms with Crippen LogP contribution in [0.4, 0.5) is 0 Å². The molecule has 0 aliphatic carbocycles. The molecule has 92 valence electrons. The van der Waals surface area contributed by atoms with Gasteiger partial charge in [0.2, 0.25) is 0 Å². The Bertz CT molecular complexity index is 396. The normalized spacial score (nSPS) is 11.6. The van der Waals surface area contributed by atoms with Gasteiger partial charge in [0, 0.05) is 6.07 Å². The van der Waals surface area contributed by atoms with E-state index < -0.39 is 0 Å². The van der Waals surface area contributed by atoms with Crippen LogP contribution in [0.3, 0.4) is 0 Å². The molecule has 3 nitrogen and oxygen atoms in total. The van der Waals surface area contributed by atoms with Crippen molar-refractivity contribution in [2.45, 2.75) is 26.7 Å². The molecule has 0 aromatic heterocycles. The lowest BCUT2D eigenvalue weighted by atomic mass is 10.1. The fourth-order valence-corrected chi connectivity index (χ4v) is 1.65. The lowest BCUT2D eigenvalue weighted by molar-refractivity contribution is 0.250. The van der Waals surface area contributed by atoms with Gasteiger partial charge in [-0.1, -0.05) is 20.3 Å². The molecule has 1 atom stereocenters. The maximum absolute atomic E-state index is 8.88. The zero-order chi connectivity index (χ0) is 12.7. The van der Waals surface area contributed by atoms with Crippen molar-refractivity contribution in [2.75, 3.05) is 13.7 Å². The predicted octanol–water partition coefficient (Wildman–Crippen LogP) is 3.38. The maximum atomic E-state index is 8.88. The minimum Gasteiger partial charge on any atom is -0.497 e. The highest BCUT2D eigenvalue weighted by molar-refractivity contribution is 5.43. The van der Waals surface area contributed by atoms with Gasteiger partial charge in [0.15, 0.2) is 0 Å². The molecule has 1 aromatic rings. The number of nitrogens with zero attached hydrogens (tertiary/aromatic N) is 1. The molecule has 0 radical (unpaired) electrons. The number of ether oxygens (including phenoxy) is 2. The Morgan fingerprint density at radius 1 is 1.29 bits per heavy atom. The molecule has 0 heterocycles. The van der Waals surface area contributed by atoms with E-state index in [1.54, 1.807) is 25.3 Å². The average Bonchev–Trinajstić information content (AvgIpc) is 2.36. The minimum absolute atomic E-state index is 0.525. The van der Waals surface area contributed by atoms with Gasteiger partial charge in [-0.05, 0) is 24.5 Å². The third kappa shape index (κ3) is 4.36. The second-order valence-electron chi connectivity index (χ2n) is 4.21. The SMILES string of the molecule is CCCC(C)COc1cc(C#N)cc(OC)c1. The summed E-state index contributed by atoms with van der Waals surface area (Å²) in [4.78, 5) is 0. The molecule has 1 unspecified atom stereocenters. The highest BCUT2D eigenvalue weighted by Gasteiger charge is 2.05. The van der Waals surface area contributed by atoms with Crippen LogP contribution < -0.4 is 9.47 Å². The Morgan fingerprint density at radius 3 is 2.59 bits per heavy atom. The van der Waals surface area contributed by atoms with Gasteiger partial charge in [0.1, 0.15) is 11.5 Å². The van der Waals surface area contributed by atoms with Gasteiger partial charge in [-0.2, -0.15) is 5.26 Å². The summed E-state index contributed by atoms with van der Waals surface area (Å²) in [6.45, 7) is 5.00. The van der Waals surface area contributed by atoms with Crippen LogP contribution in [-0.2, 0) is 0 Å². The second-order valence-corrected chi connectivity index (χ2v) is 4.21. The molecule has 0 saturated carbocycles. The number of hydrogen-bond donors (Lipinski definition) is 0. The molecular formula is C14H19NO2. The first-order valence-electron chi connectivity index (χ1n) is 5.91. The Hall–Kier alpha value is -1.69. The van der Waals surface area contributed by atoms with E-state index in [0.717, 1.165) is 12.8 Å². The third-order valence-electron chi connectivity index (χ3n) is 2.56. The fourth-order valence-electron chi connectivity index (χ4n) is 1.65. The number of benzene rings is 1. The molecule has 1 rings (SSSR count). The Labute approximate surface area is 103 Å². The summed E-state index contributed by atoms with van der Waals surface area (Å²) >= 11 is 0. The van der Waals surface area contributed by atoms with E-state index in [-0.39, 0.29) is 0 Å². The summed E-state index contributed by atoms with van der Waals surface area (Å²) in [5, 5.41) is 8.88. The summed E-state index contributed by atoms with van der Waals surface area (Å²) in [5.41, 5.74) is 0.558. The van der Waals surface area contributed by atoms with Gasteiger partial charge in [-0.3, -0.25) is 0 Å². The van der Waals surface area contributed by atoms with Crippen molar-refractivity contribution in [3.63, 3.8) is 0 Å². The van der Waals surface area contributed by atoms with Gasteiger partial charge in [-0.15, -0.1) is 0 Å². The van der Waals surface area contributed by atoms with Gasteiger partial charge in [0.25, 0.3) is 0 Å². The van der Waals surface area contributed by atoms with Crippen molar-refractivity contribution < 1.29 is 9.47 Å². The van der Waals surface area contributed by atoms with Crippen molar-refractivity contribution in [1.29, 1.82) is 5.26 Å². The first-order chi connectivity index (χ1) is 8.19. The molecule has 0 bridgehead atoms. The van der Waals surface area contributed by atoms with Crippen LogP contribution in [0, 0.1) is 17.2 Å². The third-order valence-corrected chi connectivity index (χ3v) is 2.56. The largest absolute Gasteiger partial charge is 0.497 e. The van der Waals surface area contributed by atoms with E-state index in [1.165, 1.54) is 0 Å². The monoisotopic (exact) mass is 233 g/mol. The highest BCUT2D eigenvalue weighted by Crippen LogP contribution is 2.23. The van der Waals surface area contributed by atoms with Crippen LogP contribution >= 0.6 is 0 Å². The van der Waals surface area contributed by atoms with Gasteiger partial charge >= 0.3 is 0 Å². The zero-order valence-corrected chi connectivity index (χ0v) is 10.7. The van der Waals surface area contributed by atoms with Crippen LogP contribution in [0.1, 0.15) is 32.3 Å². The predicted molar refractivity (Wildman–Crippen MR) is 67.3 cm³/mol. The molecule has 0 amide bonds. The number of hydrogen-bond acceptors (Lipinski definition) is 3. The number of methoxy groups -OCH3 is 1. The summed E-state index contributed by atoms with van der Waals surface area (Å²) in [5.74, 6) is 1.88. The summed E-state index contributed by atoms with van der Waals surface area (Å²) in [6, 6.07) is 7.33. The first kappa shape index (κ1) is 13.4. The van der Waals surface area contributed by atoms with Crippen LogP contribution in [-0.4, -0.2) is 13.7 Å². The van der Waals surface area contributed by atoms with Crippen molar-refractivity contribution in [2.24, 2.45) is 5.92 Å². The van der Waals surface area contributed by atoms with Crippen LogP contribution in [0.25, 0.3) is 0 Å². The van der Waals surface area contributed by atoms with Crippen molar-refractivity contribution in [3.05, 3.63) is 23.8 Å². The van der Waals surface area contributed by atoms with Crippen molar-refractivity contribution >= 4 is 0 Å². The summed E-state index contributed by atoms with van der Waals surface area (Å²) < 4.78 is 10.8. The maximum Gasteiger partial charge on any atom is 0.124 e. The van der Waals surface area contributed by atoms with Crippen molar-refractivity contribution in [3.8, 4) is 17.6 Å². The van der Waals surface area contributed by atoms with Crippen LogP contribution in [0.2, 0.25) is 0 Å².